The molecular formula is C8H16F3NOSi. The molecule has 84 valence electrons. The molecule has 0 spiro atoms. The molecule has 0 N–H and O–H groups in total. The summed E-state index contributed by atoms with van der Waals surface area (Å²) in [6.07, 6.45) is -3.94. The minimum absolute atomic E-state index is 0.686. The summed E-state index contributed by atoms with van der Waals surface area (Å²) in [5.74, 6) is -1.72. The Labute approximate surface area is 83.2 Å². The molecule has 0 atom stereocenters. The molecule has 0 aliphatic carbocycles. The number of nitrogens with zero attached hydrogens (tertiary/aromatic N) is 1. The maximum atomic E-state index is 12.1. The van der Waals surface area contributed by atoms with Gasteiger partial charge in [-0.2, -0.15) is 13.2 Å². The second-order valence-corrected chi connectivity index (χ2v) is 8.72. The van der Waals surface area contributed by atoms with Crippen LogP contribution in [0.1, 0.15) is 13.3 Å². The monoisotopic (exact) mass is 227 g/mol. The van der Waals surface area contributed by atoms with Gasteiger partial charge in [-0.3, -0.25) is 4.79 Å². The molecule has 0 aromatic rings. The van der Waals surface area contributed by atoms with E-state index in [4.69, 9.17) is 0 Å². The third kappa shape index (κ3) is 3.32. The van der Waals surface area contributed by atoms with Crippen molar-refractivity contribution in [2.24, 2.45) is 0 Å². The van der Waals surface area contributed by atoms with E-state index in [1.54, 1.807) is 13.1 Å². The summed E-state index contributed by atoms with van der Waals surface area (Å²) in [4.78, 5) is 10.9. The second-order valence-electron chi connectivity index (χ2n) is 3.92. The first-order valence-corrected chi connectivity index (χ1v) is 7.63. The van der Waals surface area contributed by atoms with E-state index in [2.05, 4.69) is 0 Å². The summed E-state index contributed by atoms with van der Waals surface area (Å²) in [5.41, 5.74) is 0. The van der Waals surface area contributed by atoms with Crippen molar-refractivity contribution in [1.29, 1.82) is 0 Å². The second kappa shape index (κ2) is 4.33. The van der Waals surface area contributed by atoms with E-state index in [1.807, 2.05) is 6.92 Å². The zero-order valence-corrected chi connectivity index (χ0v) is 9.90. The summed E-state index contributed by atoms with van der Waals surface area (Å²) >= 11 is 0. The predicted molar refractivity (Wildman–Crippen MR) is 51.4 cm³/mol. The summed E-state index contributed by atoms with van der Waals surface area (Å²) in [6, 6.07) is 0.686. The number of hydrogen-bond acceptors (Lipinski definition) is 1. The van der Waals surface area contributed by atoms with E-state index in [9.17, 15) is 18.0 Å². The highest BCUT2D eigenvalue weighted by atomic mass is 28.3. The number of alkyl halides is 3. The van der Waals surface area contributed by atoms with Crippen LogP contribution in [0.15, 0.2) is 0 Å². The lowest BCUT2D eigenvalue weighted by Crippen LogP contribution is -2.53. The third-order valence-corrected chi connectivity index (χ3v) is 6.06. The lowest BCUT2D eigenvalue weighted by molar-refractivity contribution is -0.179. The molecule has 0 heterocycles. The Kier molecular flexibility index (Phi) is 4.17. The quantitative estimate of drug-likeness (QED) is 0.679. The molecule has 0 rings (SSSR count). The number of carbonyl (C=O) groups is 1. The van der Waals surface area contributed by atoms with Crippen molar-refractivity contribution in [1.82, 2.24) is 4.57 Å². The van der Waals surface area contributed by atoms with Gasteiger partial charge in [-0.1, -0.05) is 26.4 Å². The average Bonchev–Trinajstić information content (AvgIpc) is 2.00. The van der Waals surface area contributed by atoms with E-state index >= 15 is 0 Å². The Morgan fingerprint density at radius 1 is 1.36 bits per heavy atom. The van der Waals surface area contributed by atoms with Crippen LogP contribution in [0.2, 0.25) is 19.1 Å². The van der Waals surface area contributed by atoms with Crippen LogP contribution in [-0.4, -0.2) is 31.9 Å². The van der Waals surface area contributed by atoms with Gasteiger partial charge in [-0.05, 0) is 6.04 Å². The molecule has 0 fully saturated rings. The van der Waals surface area contributed by atoms with E-state index in [0.717, 1.165) is 11.0 Å². The molecule has 1 amide bonds. The number of rotatable bonds is 3. The van der Waals surface area contributed by atoms with Gasteiger partial charge >= 0.3 is 12.1 Å². The first-order valence-electron chi connectivity index (χ1n) is 4.48. The maximum Gasteiger partial charge on any atom is 0.470 e. The maximum absolute atomic E-state index is 12.1. The number of amides is 1. The van der Waals surface area contributed by atoms with Crippen molar-refractivity contribution in [3.63, 3.8) is 0 Å². The van der Waals surface area contributed by atoms with Gasteiger partial charge in [-0.15, -0.1) is 0 Å². The number of hydrogen-bond donors (Lipinski definition) is 0. The van der Waals surface area contributed by atoms with Crippen molar-refractivity contribution >= 4 is 14.1 Å². The van der Waals surface area contributed by atoms with Crippen molar-refractivity contribution < 1.29 is 18.0 Å². The van der Waals surface area contributed by atoms with Gasteiger partial charge in [-0.25, -0.2) is 0 Å². The molecule has 0 aliphatic rings. The summed E-state index contributed by atoms with van der Waals surface area (Å²) in [5, 5.41) is 0. The van der Waals surface area contributed by atoms with Crippen LogP contribution < -0.4 is 0 Å². The van der Waals surface area contributed by atoms with Gasteiger partial charge in [0.1, 0.15) is 0 Å². The topological polar surface area (TPSA) is 20.3 Å². The molecule has 14 heavy (non-hydrogen) atoms. The highest BCUT2D eigenvalue weighted by Crippen LogP contribution is 2.23. The molecule has 2 nitrogen and oxygen atoms in total. The standard InChI is InChI=1S/C8H16F3NOSi/c1-5-6-14(3,4)12(2)7(13)8(9,10)11/h5-6H2,1-4H3. The lowest BCUT2D eigenvalue weighted by atomic mass is 10.6. The molecule has 0 aromatic heterocycles. The molecular weight excluding hydrogens is 211 g/mol. The molecule has 0 aromatic carbocycles. The van der Waals surface area contributed by atoms with Gasteiger partial charge in [0.25, 0.3) is 0 Å². The Hall–Kier alpha value is -0.523. The number of carbonyl (C=O) groups excluding carboxylic acids is 1. The fraction of sp³-hybridized carbons (Fsp3) is 0.875. The van der Waals surface area contributed by atoms with Gasteiger partial charge in [0.15, 0.2) is 8.24 Å². The highest BCUT2D eigenvalue weighted by molar-refractivity contribution is 6.76. The molecule has 0 unspecified atom stereocenters. The van der Waals surface area contributed by atoms with Crippen LogP contribution in [-0.2, 0) is 4.79 Å². The largest absolute Gasteiger partial charge is 0.470 e. The van der Waals surface area contributed by atoms with Crippen LogP contribution >= 0.6 is 0 Å². The number of halogens is 3. The molecule has 0 bridgehead atoms. The van der Waals surface area contributed by atoms with Crippen LogP contribution in [0.25, 0.3) is 0 Å². The Morgan fingerprint density at radius 3 is 2.07 bits per heavy atom. The highest BCUT2D eigenvalue weighted by Gasteiger charge is 2.45. The first kappa shape index (κ1) is 13.5. The van der Waals surface area contributed by atoms with Crippen molar-refractivity contribution in [3.8, 4) is 0 Å². The fourth-order valence-corrected chi connectivity index (χ4v) is 3.48. The zero-order chi connectivity index (χ0) is 11.6. The van der Waals surface area contributed by atoms with Crippen LogP contribution in [0, 0.1) is 0 Å². The minimum Gasteiger partial charge on any atom is -0.365 e. The van der Waals surface area contributed by atoms with Crippen LogP contribution in [0.4, 0.5) is 13.2 Å². The smallest absolute Gasteiger partial charge is 0.365 e. The Morgan fingerprint density at radius 2 is 1.79 bits per heavy atom. The normalized spacial score (nSPS) is 12.8. The van der Waals surface area contributed by atoms with Crippen molar-refractivity contribution in [2.45, 2.75) is 38.7 Å². The van der Waals surface area contributed by atoms with E-state index in [-0.39, 0.29) is 0 Å². The van der Waals surface area contributed by atoms with Gasteiger partial charge in [0.05, 0.1) is 0 Å². The van der Waals surface area contributed by atoms with Crippen LogP contribution in [0.5, 0.6) is 0 Å². The Balaban J connectivity index is 4.61. The Bertz CT molecular complexity index is 215. The van der Waals surface area contributed by atoms with Crippen molar-refractivity contribution in [2.75, 3.05) is 7.05 Å². The summed E-state index contributed by atoms with van der Waals surface area (Å²) in [7, 11) is -0.968. The molecule has 0 aliphatic heterocycles. The van der Waals surface area contributed by atoms with Gasteiger partial charge in [0.2, 0.25) is 0 Å². The molecule has 0 saturated carbocycles. The van der Waals surface area contributed by atoms with Crippen molar-refractivity contribution in [3.05, 3.63) is 0 Å². The van der Waals surface area contributed by atoms with E-state index in [0.29, 0.717) is 6.04 Å². The van der Waals surface area contributed by atoms with Gasteiger partial charge in [0, 0.05) is 7.05 Å². The minimum atomic E-state index is -4.74. The van der Waals surface area contributed by atoms with E-state index in [1.165, 1.54) is 7.05 Å². The van der Waals surface area contributed by atoms with Crippen LogP contribution in [0.3, 0.4) is 0 Å². The van der Waals surface area contributed by atoms with E-state index < -0.39 is 20.3 Å². The fourth-order valence-electron chi connectivity index (χ4n) is 1.24. The van der Waals surface area contributed by atoms with Gasteiger partial charge < -0.3 is 4.57 Å². The zero-order valence-electron chi connectivity index (χ0n) is 8.90. The molecule has 6 heteroatoms. The predicted octanol–water partition coefficient (Wildman–Crippen LogP) is 2.62. The first-order chi connectivity index (χ1) is 6.13. The average molecular weight is 227 g/mol. The lowest BCUT2D eigenvalue weighted by Gasteiger charge is -2.33. The SMILES string of the molecule is CCC[Si](C)(C)N(C)C(=O)C(F)(F)F. The molecule has 0 radical (unpaired) electrons. The summed E-state index contributed by atoms with van der Waals surface area (Å²) in [6.45, 7) is 5.43. The third-order valence-electron chi connectivity index (χ3n) is 2.32. The molecule has 0 saturated heterocycles. The summed E-state index contributed by atoms with van der Waals surface area (Å²) < 4.78 is 37.2.